The number of hydrogen-bond acceptors (Lipinski definition) is 4. The molecule has 0 spiro atoms. The first-order valence-corrected chi connectivity index (χ1v) is 9.13. The molecule has 1 aromatic carbocycles. The van der Waals surface area contributed by atoms with Gasteiger partial charge < -0.3 is 4.90 Å². The third-order valence-electron chi connectivity index (χ3n) is 4.69. The molecular formula is C20H16ClFN4O2. The van der Waals surface area contributed by atoms with Crippen LogP contribution in [0.5, 0.6) is 0 Å². The Hall–Kier alpha value is -3.06. The molecule has 1 aliphatic heterocycles. The fourth-order valence-corrected chi connectivity index (χ4v) is 3.31. The summed E-state index contributed by atoms with van der Waals surface area (Å²) >= 11 is 5.83. The van der Waals surface area contributed by atoms with Gasteiger partial charge in [-0.15, -0.1) is 0 Å². The first-order valence-electron chi connectivity index (χ1n) is 8.75. The number of aryl methyl sites for hydroxylation is 1. The van der Waals surface area contributed by atoms with Crippen LogP contribution in [-0.4, -0.2) is 31.4 Å². The molecule has 3 aromatic rings. The molecule has 0 atom stereocenters. The molecule has 6 nitrogen and oxygen atoms in total. The number of pyridine rings is 1. The van der Waals surface area contributed by atoms with Gasteiger partial charge in [0.15, 0.2) is 5.78 Å². The zero-order chi connectivity index (χ0) is 19.8. The molecule has 142 valence electrons. The number of nitrogens with zero attached hydrogens (tertiary/aromatic N) is 4. The number of aromatic nitrogens is 3. The highest BCUT2D eigenvalue weighted by Gasteiger charge is 2.31. The van der Waals surface area contributed by atoms with Crippen molar-refractivity contribution in [3.63, 3.8) is 0 Å². The number of amides is 1. The zero-order valence-electron chi connectivity index (χ0n) is 15.0. The van der Waals surface area contributed by atoms with E-state index in [1.807, 2.05) is 6.92 Å². The van der Waals surface area contributed by atoms with Gasteiger partial charge in [0, 0.05) is 35.6 Å². The number of ketones is 1. The van der Waals surface area contributed by atoms with Crippen molar-refractivity contribution >= 4 is 23.3 Å². The topological polar surface area (TPSA) is 68.1 Å². The van der Waals surface area contributed by atoms with E-state index in [0.29, 0.717) is 28.4 Å². The van der Waals surface area contributed by atoms with Crippen molar-refractivity contribution in [2.75, 3.05) is 0 Å². The van der Waals surface area contributed by atoms with Gasteiger partial charge in [0.1, 0.15) is 5.82 Å². The number of carbonyl (C=O) groups excluding carboxylic acids is 2. The zero-order valence-corrected chi connectivity index (χ0v) is 15.8. The molecule has 0 saturated carbocycles. The predicted molar refractivity (Wildman–Crippen MR) is 101 cm³/mol. The van der Waals surface area contributed by atoms with Gasteiger partial charge in [-0.1, -0.05) is 11.6 Å². The Morgan fingerprint density at radius 1 is 1.25 bits per heavy atom. The van der Waals surface area contributed by atoms with Gasteiger partial charge >= 0.3 is 0 Å². The Bertz CT molecular complexity index is 1080. The van der Waals surface area contributed by atoms with Crippen LogP contribution >= 0.6 is 11.6 Å². The van der Waals surface area contributed by atoms with E-state index < -0.39 is 5.82 Å². The highest BCUT2D eigenvalue weighted by molar-refractivity contribution is 6.30. The Labute approximate surface area is 165 Å². The summed E-state index contributed by atoms with van der Waals surface area (Å²) in [5, 5.41) is 4.57. The van der Waals surface area contributed by atoms with Crippen molar-refractivity contribution in [2.45, 2.75) is 26.6 Å². The van der Waals surface area contributed by atoms with Crippen molar-refractivity contribution in [2.24, 2.45) is 0 Å². The lowest BCUT2D eigenvalue weighted by molar-refractivity contribution is 0.0764. The van der Waals surface area contributed by atoms with Gasteiger partial charge in [-0.2, -0.15) is 5.10 Å². The van der Waals surface area contributed by atoms with Gasteiger partial charge in [-0.05, 0) is 31.2 Å². The Kier molecular flexibility index (Phi) is 4.68. The van der Waals surface area contributed by atoms with Crippen molar-refractivity contribution < 1.29 is 14.0 Å². The molecule has 28 heavy (non-hydrogen) atoms. The summed E-state index contributed by atoms with van der Waals surface area (Å²) in [6, 6.07) is 6.05. The maximum atomic E-state index is 14.7. The minimum atomic E-state index is -0.566. The molecule has 4 rings (SSSR count). The monoisotopic (exact) mass is 398 g/mol. The Balaban J connectivity index is 1.61. The molecule has 3 heterocycles. The van der Waals surface area contributed by atoms with Crippen molar-refractivity contribution in [1.82, 2.24) is 19.7 Å². The second-order valence-electron chi connectivity index (χ2n) is 6.53. The summed E-state index contributed by atoms with van der Waals surface area (Å²) in [5.74, 6) is -1.26. The number of rotatable bonds is 5. The lowest BCUT2D eigenvalue weighted by atomic mass is 10.0. The average molecular weight is 399 g/mol. The Morgan fingerprint density at radius 3 is 2.75 bits per heavy atom. The highest BCUT2D eigenvalue weighted by Crippen LogP contribution is 2.28. The first kappa shape index (κ1) is 18.3. The third-order valence-corrected chi connectivity index (χ3v) is 4.91. The summed E-state index contributed by atoms with van der Waals surface area (Å²) in [7, 11) is 0. The summed E-state index contributed by atoms with van der Waals surface area (Å²) in [5.41, 5.74) is 1.63. The smallest absolute Gasteiger partial charge is 0.254 e. The van der Waals surface area contributed by atoms with E-state index >= 15 is 0 Å². The van der Waals surface area contributed by atoms with E-state index in [2.05, 4.69) is 10.1 Å². The van der Waals surface area contributed by atoms with Crippen molar-refractivity contribution in [3.05, 3.63) is 81.6 Å². The summed E-state index contributed by atoms with van der Waals surface area (Å²) in [6.07, 6.45) is 4.55. The summed E-state index contributed by atoms with van der Waals surface area (Å²) in [4.78, 5) is 31.1. The molecule has 0 unspecified atom stereocenters. The minimum Gasteiger partial charge on any atom is -0.328 e. The quantitative estimate of drug-likeness (QED) is 0.617. The van der Waals surface area contributed by atoms with E-state index in [-0.39, 0.29) is 35.9 Å². The minimum absolute atomic E-state index is 0.131. The van der Waals surface area contributed by atoms with Gasteiger partial charge in [0.2, 0.25) is 0 Å². The molecular weight excluding hydrogens is 383 g/mol. The standard InChI is InChI=1S/C20H16ClFN4O2/c1-2-26-9-13(7-24-26)19(27)12-5-16-17(18(22)6-12)11-25(20(16)28)10-15-4-3-14(21)8-23-15/h3-9H,2,10-11H2,1H3. The highest BCUT2D eigenvalue weighted by atomic mass is 35.5. The third kappa shape index (κ3) is 3.29. The number of benzene rings is 1. The molecule has 0 aliphatic carbocycles. The van der Waals surface area contributed by atoms with Gasteiger partial charge in [0.05, 0.1) is 35.6 Å². The number of fused-ring (bicyclic) bond motifs is 1. The fourth-order valence-electron chi connectivity index (χ4n) is 3.20. The van der Waals surface area contributed by atoms with Gasteiger partial charge in [0.25, 0.3) is 5.91 Å². The van der Waals surface area contributed by atoms with Crippen LogP contribution in [0.3, 0.4) is 0 Å². The first-order chi connectivity index (χ1) is 13.5. The maximum Gasteiger partial charge on any atom is 0.254 e. The van der Waals surface area contributed by atoms with Crippen LogP contribution in [0.1, 0.15) is 44.5 Å². The van der Waals surface area contributed by atoms with Crippen LogP contribution in [0, 0.1) is 5.82 Å². The number of hydrogen-bond donors (Lipinski definition) is 0. The van der Waals surface area contributed by atoms with Gasteiger partial charge in [-0.3, -0.25) is 19.3 Å². The fraction of sp³-hybridized carbons (Fsp3) is 0.200. The summed E-state index contributed by atoms with van der Waals surface area (Å²) in [6.45, 7) is 2.89. The molecule has 0 fully saturated rings. The molecule has 1 amide bonds. The molecule has 0 saturated heterocycles. The lowest BCUT2D eigenvalue weighted by Crippen LogP contribution is -2.23. The van der Waals surface area contributed by atoms with Crippen LogP contribution in [0.25, 0.3) is 0 Å². The van der Waals surface area contributed by atoms with E-state index in [4.69, 9.17) is 11.6 Å². The normalized spacial score (nSPS) is 13.1. The van der Waals surface area contributed by atoms with Crippen LogP contribution in [-0.2, 0) is 19.6 Å². The van der Waals surface area contributed by atoms with E-state index in [9.17, 15) is 14.0 Å². The summed E-state index contributed by atoms with van der Waals surface area (Å²) < 4.78 is 16.3. The van der Waals surface area contributed by atoms with Crippen molar-refractivity contribution in [1.29, 1.82) is 0 Å². The van der Waals surface area contributed by atoms with Crippen molar-refractivity contribution in [3.8, 4) is 0 Å². The van der Waals surface area contributed by atoms with E-state index in [1.54, 1.807) is 23.0 Å². The average Bonchev–Trinajstić information content (AvgIpc) is 3.29. The maximum absolute atomic E-state index is 14.7. The molecule has 8 heteroatoms. The molecule has 1 aliphatic rings. The molecule has 0 radical (unpaired) electrons. The van der Waals surface area contributed by atoms with E-state index in [0.717, 1.165) is 0 Å². The second-order valence-corrected chi connectivity index (χ2v) is 6.96. The molecule has 2 aromatic heterocycles. The number of halogens is 2. The largest absolute Gasteiger partial charge is 0.328 e. The van der Waals surface area contributed by atoms with Gasteiger partial charge in [-0.25, -0.2) is 4.39 Å². The van der Waals surface area contributed by atoms with Crippen LogP contribution < -0.4 is 0 Å². The molecule has 0 N–H and O–H groups in total. The SMILES string of the molecule is CCn1cc(C(=O)c2cc(F)c3c(c2)C(=O)N(Cc2ccc(Cl)cn2)C3)cn1. The second kappa shape index (κ2) is 7.16. The Morgan fingerprint density at radius 2 is 2.07 bits per heavy atom. The van der Waals surface area contributed by atoms with Crippen LogP contribution in [0.4, 0.5) is 4.39 Å². The van der Waals surface area contributed by atoms with E-state index in [1.165, 1.54) is 29.4 Å². The lowest BCUT2D eigenvalue weighted by Gasteiger charge is -2.14. The predicted octanol–water partition coefficient (Wildman–Crippen LogP) is 3.48. The molecule has 0 bridgehead atoms. The number of carbonyl (C=O) groups is 2. The van der Waals surface area contributed by atoms with Crippen LogP contribution in [0.2, 0.25) is 5.02 Å². The van der Waals surface area contributed by atoms with Crippen LogP contribution in [0.15, 0.2) is 42.9 Å².